The smallest absolute Gasteiger partial charge is 0.325 e. The quantitative estimate of drug-likeness (QED) is 0.516. The second kappa shape index (κ2) is 11.0. The van der Waals surface area contributed by atoms with E-state index in [9.17, 15) is 18.0 Å². The van der Waals surface area contributed by atoms with E-state index >= 15 is 0 Å². The van der Waals surface area contributed by atoms with Crippen molar-refractivity contribution < 1.29 is 32.2 Å². The lowest BCUT2D eigenvalue weighted by molar-refractivity contribution is -0.141. The fraction of sp³-hybridized carbons (Fsp3) is 0.364. The van der Waals surface area contributed by atoms with Crippen molar-refractivity contribution in [1.29, 1.82) is 0 Å². The predicted molar refractivity (Wildman–Crippen MR) is 121 cm³/mol. The first-order valence-electron chi connectivity index (χ1n) is 10.1. The molecule has 1 fully saturated rings. The summed E-state index contributed by atoms with van der Waals surface area (Å²) in [7, 11) is -1.34. The Morgan fingerprint density at radius 3 is 2.36 bits per heavy atom. The summed E-state index contributed by atoms with van der Waals surface area (Å²) in [6.45, 7) is 0.768. The molecule has 9 nitrogen and oxygen atoms in total. The van der Waals surface area contributed by atoms with Crippen LogP contribution in [0, 0.1) is 0 Å². The summed E-state index contributed by atoms with van der Waals surface area (Å²) in [6, 6.07) is 11.0. The number of morpholine rings is 1. The second-order valence-electron chi connectivity index (χ2n) is 7.25. The van der Waals surface area contributed by atoms with Crippen molar-refractivity contribution in [2.24, 2.45) is 0 Å². The number of sulfonamides is 1. The summed E-state index contributed by atoms with van der Waals surface area (Å²) >= 11 is 5.93. The van der Waals surface area contributed by atoms with Crippen LogP contribution in [0.25, 0.3) is 0 Å². The van der Waals surface area contributed by atoms with Crippen LogP contribution in [0.15, 0.2) is 47.4 Å². The standard InChI is InChI=1S/C22H25ClN2O7S/c1-30-19-8-5-17(13-20(19)33(28,29)25-9-11-32-12-10-25)22(27)24(15-21(26)31-2)14-16-3-6-18(23)7-4-16/h3-8,13H,9-12,14-15H2,1-2H3. The molecular weight excluding hydrogens is 472 g/mol. The molecule has 2 aromatic rings. The zero-order valence-corrected chi connectivity index (χ0v) is 19.9. The zero-order chi connectivity index (χ0) is 24.0. The van der Waals surface area contributed by atoms with Gasteiger partial charge in [0.15, 0.2) is 0 Å². The number of benzene rings is 2. The molecule has 1 aliphatic rings. The molecule has 1 saturated heterocycles. The predicted octanol–water partition coefficient (Wildman–Crippen LogP) is 2.18. The number of rotatable bonds is 8. The number of hydrogen-bond donors (Lipinski definition) is 0. The van der Waals surface area contributed by atoms with Gasteiger partial charge in [0.1, 0.15) is 17.2 Å². The molecule has 0 bridgehead atoms. The molecule has 0 radical (unpaired) electrons. The Balaban J connectivity index is 1.95. The van der Waals surface area contributed by atoms with Crippen LogP contribution >= 0.6 is 11.6 Å². The fourth-order valence-corrected chi connectivity index (χ4v) is 5.07. The van der Waals surface area contributed by atoms with Crippen LogP contribution in [-0.4, -0.2) is 76.6 Å². The van der Waals surface area contributed by atoms with Gasteiger partial charge in [-0.2, -0.15) is 4.31 Å². The highest BCUT2D eigenvalue weighted by molar-refractivity contribution is 7.89. The molecule has 0 atom stereocenters. The van der Waals surface area contributed by atoms with Crippen molar-refractivity contribution in [3.63, 3.8) is 0 Å². The van der Waals surface area contributed by atoms with Crippen LogP contribution in [0.1, 0.15) is 15.9 Å². The number of ether oxygens (including phenoxy) is 3. The molecule has 178 valence electrons. The molecule has 1 amide bonds. The van der Waals surface area contributed by atoms with Gasteiger partial charge in [-0.1, -0.05) is 23.7 Å². The molecule has 2 aromatic carbocycles. The van der Waals surface area contributed by atoms with Gasteiger partial charge in [0.05, 0.1) is 27.4 Å². The Morgan fingerprint density at radius 1 is 1.09 bits per heavy atom. The van der Waals surface area contributed by atoms with Crippen molar-refractivity contribution in [2.45, 2.75) is 11.4 Å². The molecule has 33 heavy (non-hydrogen) atoms. The lowest BCUT2D eigenvalue weighted by Crippen LogP contribution is -2.41. The molecule has 0 saturated carbocycles. The lowest BCUT2D eigenvalue weighted by Gasteiger charge is -2.27. The maximum atomic E-state index is 13.3. The summed E-state index contributed by atoms with van der Waals surface area (Å²) in [5.74, 6) is -1.02. The van der Waals surface area contributed by atoms with Crippen molar-refractivity contribution in [2.75, 3.05) is 47.1 Å². The van der Waals surface area contributed by atoms with Gasteiger partial charge in [-0.3, -0.25) is 9.59 Å². The van der Waals surface area contributed by atoms with Crippen molar-refractivity contribution in [1.82, 2.24) is 9.21 Å². The topological polar surface area (TPSA) is 102 Å². The maximum Gasteiger partial charge on any atom is 0.325 e. The summed E-state index contributed by atoms with van der Waals surface area (Å²) < 4.78 is 43.0. The highest BCUT2D eigenvalue weighted by Gasteiger charge is 2.31. The van der Waals surface area contributed by atoms with Crippen molar-refractivity contribution in [3.05, 3.63) is 58.6 Å². The minimum Gasteiger partial charge on any atom is -0.495 e. The summed E-state index contributed by atoms with van der Waals surface area (Å²) in [6.07, 6.45) is 0. The van der Waals surface area contributed by atoms with Gasteiger partial charge in [-0.25, -0.2) is 8.42 Å². The van der Waals surface area contributed by atoms with Crippen LogP contribution in [0.5, 0.6) is 5.75 Å². The Bertz CT molecular complexity index is 1100. The van der Waals surface area contributed by atoms with Crippen LogP contribution in [0.3, 0.4) is 0 Å². The van der Waals surface area contributed by atoms with E-state index < -0.39 is 21.9 Å². The largest absolute Gasteiger partial charge is 0.495 e. The van der Waals surface area contributed by atoms with E-state index in [-0.39, 0.29) is 55.6 Å². The SMILES string of the molecule is COC(=O)CN(Cc1ccc(Cl)cc1)C(=O)c1ccc(OC)c(S(=O)(=O)N2CCOCC2)c1. The molecule has 1 aliphatic heterocycles. The van der Waals surface area contributed by atoms with Gasteiger partial charge >= 0.3 is 5.97 Å². The van der Waals surface area contributed by atoms with E-state index in [0.29, 0.717) is 5.02 Å². The number of halogens is 1. The third-order valence-corrected chi connectivity index (χ3v) is 7.29. The summed E-state index contributed by atoms with van der Waals surface area (Å²) in [4.78, 5) is 26.5. The Labute approximate surface area is 197 Å². The third kappa shape index (κ3) is 6.02. The fourth-order valence-electron chi connectivity index (χ4n) is 3.35. The number of hydrogen-bond acceptors (Lipinski definition) is 7. The highest BCUT2D eigenvalue weighted by atomic mass is 35.5. The number of carbonyl (C=O) groups excluding carboxylic acids is 2. The van der Waals surface area contributed by atoms with Gasteiger partial charge in [0, 0.05) is 30.2 Å². The number of nitrogens with zero attached hydrogens (tertiary/aromatic N) is 2. The maximum absolute atomic E-state index is 13.3. The first kappa shape index (κ1) is 25.0. The molecule has 0 N–H and O–H groups in total. The van der Waals surface area contributed by atoms with Gasteiger partial charge in [0.25, 0.3) is 5.91 Å². The van der Waals surface area contributed by atoms with Gasteiger partial charge in [-0.15, -0.1) is 0 Å². The average Bonchev–Trinajstić information content (AvgIpc) is 2.84. The van der Waals surface area contributed by atoms with Gasteiger partial charge < -0.3 is 19.1 Å². The second-order valence-corrected chi connectivity index (χ2v) is 9.59. The van der Waals surface area contributed by atoms with Gasteiger partial charge in [-0.05, 0) is 35.9 Å². The van der Waals surface area contributed by atoms with Crippen LogP contribution < -0.4 is 4.74 Å². The van der Waals surface area contributed by atoms with Crippen molar-refractivity contribution in [3.8, 4) is 5.75 Å². The molecule has 0 unspecified atom stereocenters. The van der Waals surface area contributed by atoms with E-state index in [1.807, 2.05) is 0 Å². The summed E-state index contributed by atoms with van der Waals surface area (Å²) in [5.41, 5.74) is 0.840. The van der Waals surface area contributed by atoms with E-state index in [1.54, 1.807) is 24.3 Å². The van der Waals surface area contributed by atoms with E-state index in [2.05, 4.69) is 0 Å². The number of methoxy groups -OCH3 is 2. The first-order chi connectivity index (χ1) is 15.8. The zero-order valence-electron chi connectivity index (χ0n) is 18.3. The van der Waals surface area contributed by atoms with E-state index in [4.69, 9.17) is 25.8 Å². The number of amides is 1. The number of carbonyl (C=O) groups is 2. The molecule has 3 rings (SSSR count). The molecular formula is C22H25ClN2O7S. The molecule has 11 heteroatoms. The van der Waals surface area contributed by atoms with E-state index in [1.165, 1.54) is 41.6 Å². The average molecular weight is 497 g/mol. The number of esters is 1. The minimum atomic E-state index is -3.93. The Kier molecular flexibility index (Phi) is 8.30. The Morgan fingerprint density at radius 2 is 1.76 bits per heavy atom. The third-order valence-electron chi connectivity index (χ3n) is 5.12. The van der Waals surface area contributed by atoms with Gasteiger partial charge in [0.2, 0.25) is 10.0 Å². The van der Waals surface area contributed by atoms with Crippen molar-refractivity contribution >= 4 is 33.5 Å². The lowest BCUT2D eigenvalue weighted by atomic mass is 10.1. The first-order valence-corrected chi connectivity index (χ1v) is 11.9. The van der Waals surface area contributed by atoms with Crippen LogP contribution in [-0.2, 0) is 30.8 Å². The van der Waals surface area contributed by atoms with E-state index in [0.717, 1.165) is 5.56 Å². The minimum absolute atomic E-state index is 0.0977. The molecule has 1 heterocycles. The van der Waals surface area contributed by atoms with Crippen LogP contribution in [0.4, 0.5) is 0 Å². The molecule has 0 aromatic heterocycles. The van der Waals surface area contributed by atoms with Crippen LogP contribution in [0.2, 0.25) is 5.02 Å². The monoisotopic (exact) mass is 496 g/mol. The molecule has 0 spiro atoms. The highest BCUT2D eigenvalue weighted by Crippen LogP contribution is 2.29. The summed E-state index contributed by atoms with van der Waals surface area (Å²) in [5, 5.41) is 0.540. The Hall–Kier alpha value is -2.66. The normalized spacial score (nSPS) is 14.5. The molecule has 0 aliphatic carbocycles.